The predicted molar refractivity (Wildman–Crippen MR) is 104 cm³/mol. The van der Waals surface area contributed by atoms with Crippen LogP contribution in [0.2, 0.25) is 0 Å². The predicted octanol–water partition coefficient (Wildman–Crippen LogP) is 3.65. The van der Waals surface area contributed by atoms with Gasteiger partial charge in [-0.25, -0.2) is 4.79 Å². The van der Waals surface area contributed by atoms with Crippen LogP contribution >= 0.6 is 0 Å². The highest BCUT2D eigenvalue weighted by Crippen LogP contribution is 2.19. The molecule has 0 saturated carbocycles. The highest BCUT2D eigenvalue weighted by molar-refractivity contribution is 5.80. The van der Waals surface area contributed by atoms with Crippen LogP contribution in [0.5, 0.6) is 0 Å². The fourth-order valence-electron chi connectivity index (χ4n) is 2.78. The number of benzene rings is 2. The fraction of sp³-hybridized carbons (Fsp3) is 0.238. The quantitative estimate of drug-likeness (QED) is 0.658. The number of pyridine rings is 1. The molecule has 3 N–H and O–H groups in total. The molecule has 5 nitrogen and oxygen atoms in total. The first-order chi connectivity index (χ1) is 12.5. The first kappa shape index (κ1) is 17.7. The Morgan fingerprint density at radius 2 is 1.73 bits per heavy atom. The van der Waals surface area contributed by atoms with Crippen LogP contribution in [0, 0.1) is 0 Å². The van der Waals surface area contributed by atoms with E-state index >= 15 is 0 Å². The number of hydrogen-bond acceptors (Lipinski definition) is 2. The summed E-state index contributed by atoms with van der Waals surface area (Å²) in [6.07, 6.45) is 0. The topological polar surface area (TPSA) is 74.0 Å². The Kier molecular flexibility index (Phi) is 5.37. The standard InChI is InChI=1S/C21H23N3O2/c1-14(2)16-8-9-19-17(10-16)11-18(20(25)24-19)13-23-21(26)22-12-15-6-4-3-5-7-15/h3-11,14H,12-13H2,1-2H3,(H,24,25)(H2,22,23,26). The van der Waals surface area contributed by atoms with Gasteiger partial charge in [0.1, 0.15) is 0 Å². The summed E-state index contributed by atoms with van der Waals surface area (Å²) < 4.78 is 0. The molecule has 0 spiro atoms. The molecule has 134 valence electrons. The Hall–Kier alpha value is -3.08. The average Bonchev–Trinajstić information content (AvgIpc) is 2.65. The van der Waals surface area contributed by atoms with Crippen LogP contribution < -0.4 is 16.2 Å². The number of carbonyl (C=O) groups is 1. The zero-order chi connectivity index (χ0) is 18.5. The summed E-state index contributed by atoms with van der Waals surface area (Å²) in [6, 6.07) is 17.2. The Balaban J connectivity index is 1.67. The number of carbonyl (C=O) groups excluding carboxylic acids is 1. The second-order valence-electron chi connectivity index (χ2n) is 6.65. The summed E-state index contributed by atoms with van der Waals surface area (Å²) in [4.78, 5) is 27.1. The lowest BCUT2D eigenvalue weighted by Crippen LogP contribution is -2.35. The zero-order valence-electron chi connectivity index (χ0n) is 15.0. The van der Waals surface area contributed by atoms with Gasteiger partial charge in [-0.3, -0.25) is 4.79 Å². The number of urea groups is 1. The fourth-order valence-corrected chi connectivity index (χ4v) is 2.78. The van der Waals surface area contributed by atoms with Crippen molar-refractivity contribution in [3.8, 4) is 0 Å². The molecule has 1 heterocycles. The molecule has 2 amide bonds. The van der Waals surface area contributed by atoms with Gasteiger partial charge in [-0.15, -0.1) is 0 Å². The third kappa shape index (κ3) is 4.30. The molecule has 26 heavy (non-hydrogen) atoms. The van der Waals surface area contributed by atoms with E-state index < -0.39 is 0 Å². The van der Waals surface area contributed by atoms with E-state index in [1.54, 1.807) is 0 Å². The van der Waals surface area contributed by atoms with Crippen molar-refractivity contribution in [2.45, 2.75) is 32.9 Å². The Morgan fingerprint density at radius 3 is 2.46 bits per heavy atom. The normalized spacial score (nSPS) is 10.9. The second-order valence-corrected chi connectivity index (χ2v) is 6.65. The smallest absolute Gasteiger partial charge is 0.315 e. The van der Waals surface area contributed by atoms with E-state index in [4.69, 9.17) is 0 Å². The van der Waals surface area contributed by atoms with Gasteiger partial charge in [-0.05, 0) is 40.6 Å². The van der Waals surface area contributed by atoms with Crippen molar-refractivity contribution in [2.24, 2.45) is 0 Å². The van der Waals surface area contributed by atoms with Gasteiger partial charge in [0.2, 0.25) is 0 Å². The van der Waals surface area contributed by atoms with Crippen LogP contribution in [0.25, 0.3) is 10.9 Å². The van der Waals surface area contributed by atoms with Crippen molar-refractivity contribution >= 4 is 16.9 Å². The van der Waals surface area contributed by atoms with E-state index in [-0.39, 0.29) is 18.1 Å². The third-order valence-corrected chi connectivity index (χ3v) is 4.35. The van der Waals surface area contributed by atoms with E-state index in [1.165, 1.54) is 5.56 Å². The first-order valence-electron chi connectivity index (χ1n) is 8.74. The number of nitrogens with one attached hydrogen (secondary N) is 3. The average molecular weight is 349 g/mol. The molecular formula is C21H23N3O2. The van der Waals surface area contributed by atoms with Gasteiger partial charge in [-0.1, -0.05) is 50.2 Å². The number of aromatic nitrogens is 1. The van der Waals surface area contributed by atoms with Crippen LogP contribution in [0.3, 0.4) is 0 Å². The summed E-state index contributed by atoms with van der Waals surface area (Å²) in [5.74, 6) is 0.414. The lowest BCUT2D eigenvalue weighted by molar-refractivity contribution is 0.240. The molecule has 2 aromatic carbocycles. The molecule has 0 atom stereocenters. The molecule has 0 saturated heterocycles. The summed E-state index contributed by atoms with van der Waals surface area (Å²) in [5.41, 5.74) is 3.39. The lowest BCUT2D eigenvalue weighted by atomic mass is 10.0. The van der Waals surface area contributed by atoms with Crippen molar-refractivity contribution in [1.29, 1.82) is 0 Å². The maximum absolute atomic E-state index is 12.2. The maximum Gasteiger partial charge on any atom is 0.315 e. The van der Waals surface area contributed by atoms with E-state index in [9.17, 15) is 9.59 Å². The number of H-pyrrole nitrogens is 1. The lowest BCUT2D eigenvalue weighted by Gasteiger charge is -2.10. The maximum atomic E-state index is 12.2. The summed E-state index contributed by atoms with van der Waals surface area (Å²) in [7, 11) is 0. The number of aromatic amines is 1. The van der Waals surface area contributed by atoms with Crippen LogP contribution in [0.4, 0.5) is 4.79 Å². The van der Waals surface area contributed by atoms with E-state index in [0.717, 1.165) is 16.5 Å². The molecular weight excluding hydrogens is 326 g/mol. The van der Waals surface area contributed by atoms with Crippen LogP contribution in [-0.2, 0) is 13.1 Å². The van der Waals surface area contributed by atoms with Crippen LogP contribution in [-0.4, -0.2) is 11.0 Å². The minimum atomic E-state index is -0.302. The summed E-state index contributed by atoms with van der Waals surface area (Å²) >= 11 is 0. The Bertz CT molecular complexity index is 962. The minimum Gasteiger partial charge on any atom is -0.334 e. The second kappa shape index (κ2) is 7.87. The van der Waals surface area contributed by atoms with Gasteiger partial charge in [0, 0.05) is 24.2 Å². The monoisotopic (exact) mass is 349 g/mol. The van der Waals surface area contributed by atoms with Crippen LogP contribution in [0.15, 0.2) is 59.4 Å². The van der Waals surface area contributed by atoms with Crippen LogP contribution in [0.1, 0.15) is 36.5 Å². The van der Waals surface area contributed by atoms with Gasteiger partial charge in [0.15, 0.2) is 0 Å². The van der Waals surface area contributed by atoms with Crippen molar-refractivity contribution in [1.82, 2.24) is 15.6 Å². The molecule has 0 unspecified atom stereocenters. The van der Waals surface area contributed by atoms with E-state index in [0.29, 0.717) is 18.0 Å². The van der Waals surface area contributed by atoms with Gasteiger partial charge in [0.05, 0.1) is 0 Å². The number of hydrogen-bond donors (Lipinski definition) is 3. The number of rotatable bonds is 5. The Labute approximate surface area is 152 Å². The van der Waals surface area contributed by atoms with Crippen molar-refractivity contribution < 1.29 is 4.79 Å². The third-order valence-electron chi connectivity index (χ3n) is 4.35. The van der Waals surface area contributed by atoms with Crippen molar-refractivity contribution in [3.63, 3.8) is 0 Å². The Morgan fingerprint density at radius 1 is 1.00 bits per heavy atom. The molecule has 0 fully saturated rings. The molecule has 3 rings (SSSR count). The highest BCUT2D eigenvalue weighted by Gasteiger charge is 2.07. The zero-order valence-corrected chi connectivity index (χ0v) is 15.0. The summed E-state index contributed by atoms with van der Waals surface area (Å²) in [6.45, 7) is 4.88. The number of fused-ring (bicyclic) bond motifs is 1. The molecule has 0 aliphatic rings. The van der Waals surface area contributed by atoms with Crippen molar-refractivity contribution in [3.05, 3.63) is 81.6 Å². The molecule has 5 heteroatoms. The van der Waals surface area contributed by atoms with E-state index in [2.05, 4.69) is 35.5 Å². The largest absolute Gasteiger partial charge is 0.334 e. The van der Waals surface area contributed by atoms with Crippen molar-refractivity contribution in [2.75, 3.05) is 0 Å². The van der Waals surface area contributed by atoms with Gasteiger partial charge in [-0.2, -0.15) is 0 Å². The number of amides is 2. The molecule has 0 aliphatic heterocycles. The van der Waals surface area contributed by atoms with E-state index in [1.807, 2.05) is 48.5 Å². The highest BCUT2D eigenvalue weighted by atomic mass is 16.2. The van der Waals surface area contributed by atoms with Gasteiger partial charge >= 0.3 is 6.03 Å². The van der Waals surface area contributed by atoms with Gasteiger partial charge in [0.25, 0.3) is 5.56 Å². The molecule has 1 aromatic heterocycles. The van der Waals surface area contributed by atoms with Gasteiger partial charge < -0.3 is 15.6 Å². The molecule has 0 bridgehead atoms. The molecule has 0 aliphatic carbocycles. The first-order valence-corrected chi connectivity index (χ1v) is 8.74. The molecule has 0 radical (unpaired) electrons. The SMILES string of the molecule is CC(C)c1ccc2[nH]c(=O)c(CNC(=O)NCc3ccccc3)cc2c1. The molecule has 3 aromatic rings. The minimum absolute atomic E-state index is 0.178. The summed E-state index contributed by atoms with van der Waals surface area (Å²) in [5, 5.41) is 6.50.